The molecule has 1 fully saturated rings. The predicted octanol–water partition coefficient (Wildman–Crippen LogP) is 11.8. The molecule has 0 heterocycles. The highest BCUT2D eigenvalue weighted by Crippen LogP contribution is 2.39. The first kappa shape index (κ1) is 37.5. The lowest BCUT2D eigenvalue weighted by atomic mass is 9.71. The minimum Gasteiger partial charge on any atom is -0.243 e. The first-order valence-electron chi connectivity index (χ1n) is 13.5. The van der Waals surface area contributed by atoms with Crippen molar-refractivity contribution in [3.8, 4) is 0 Å². The summed E-state index contributed by atoms with van der Waals surface area (Å²) in [5.41, 5.74) is 2.96. The van der Waals surface area contributed by atoms with Crippen molar-refractivity contribution in [2.24, 2.45) is 11.8 Å². The Balaban J connectivity index is -0.000000167. The van der Waals surface area contributed by atoms with Crippen molar-refractivity contribution < 1.29 is 4.39 Å². The zero-order chi connectivity index (χ0) is 25.2. The van der Waals surface area contributed by atoms with Crippen LogP contribution in [0.5, 0.6) is 0 Å². The van der Waals surface area contributed by atoms with Crippen molar-refractivity contribution in [3.63, 3.8) is 0 Å². The van der Waals surface area contributed by atoms with Crippen LogP contribution in [-0.2, 0) is 0 Å². The van der Waals surface area contributed by atoms with Crippen LogP contribution in [0.3, 0.4) is 0 Å². The van der Waals surface area contributed by atoms with Crippen LogP contribution in [0.15, 0.2) is 18.2 Å². The Kier molecular flexibility index (Phi) is 35.2. The molecule has 0 spiro atoms. The Morgan fingerprint density at radius 2 is 1.13 bits per heavy atom. The summed E-state index contributed by atoms with van der Waals surface area (Å²) in [6.07, 6.45) is 10.5. The van der Waals surface area contributed by atoms with Gasteiger partial charge in [0.05, 0.1) is 0 Å². The van der Waals surface area contributed by atoms with Gasteiger partial charge in [0.25, 0.3) is 0 Å². The third-order valence-electron chi connectivity index (χ3n) is 4.59. The number of hydrogen-bond acceptors (Lipinski definition) is 0. The van der Waals surface area contributed by atoms with E-state index in [1.54, 1.807) is 19.8 Å². The normalized spacial score (nSPS) is 16.5. The number of alkyl halides is 1. The van der Waals surface area contributed by atoms with Crippen LogP contribution in [0.1, 0.15) is 150 Å². The van der Waals surface area contributed by atoms with Gasteiger partial charge in [-0.1, -0.05) is 132 Å². The maximum absolute atomic E-state index is 12.9. The molecule has 31 heavy (non-hydrogen) atoms. The molecule has 1 aliphatic carbocycles. The second kappa shape index (κ2) is 29.1. The molecule has 1 atom stereocenters. The zero-order valence-electron chi connectivity index (χ0n) is 24.0. The number of aryl methyl sites for hydroxylation is 2. The summed E-state index contributed by atoms with van der Waals surface area (Å²) in [7, 11) is 0. The Hall–Kier alpha value is -0.850. The van der Waals surface area contributed by atoms with Crippen LogP contribution in [0.25, 0.3) is 0 Å². The maximum Gasteiger partial charge on any atom is 0.123 e. The van der Waals surface area contributed by atoms with Crippen molar-refractivity contribution in [1.29, 1.82) is 0 Å². The Labute approximate surface area is 198 Å². The molecule has 0 bridgehead atoms. The number of benzene rings is 1. The highest BCUT2D eigenvalue weighted by Gasteiger charge is 2.26. The molecule has 188 valence electrons. The Bertz CT molecular complexity index is 418. The van der Waals surface area contributed by atoms with Crippen molar-refractivity contribution in [1.82, 2.24) is 0 Å². The van der Waals surface area contributed by atoms with Gasteiger partial charge >= 0.3 is 0 Å². The van der Waals surface area contributed by atoms with Gasteiger partial charge in [-0.25, -0.2) is 4.39 Å². The molecule has 1 aromatic carbocycles. The summed E-state index contributed by atoms with van der Waals surface area (Å²) < 4.78 is 12.9. The third kappa shape index (κ3) is 23.6. The third-order valence-corrected chi connectivity index (χ3v) is 4.59. The quantitative estimate of drug-likeness (QED) is 0.427. The molecule has 1 unspecified atom stereocenters. The van der Waals surface area contributed by atoms with Gasteiger partial charge in [0, 0.05) is 0 Å². The molecule has 1 heteroatoms. The number of halogens is 1. The largest absolute Gasteiger partial charge is 0.243 e. The molecular formula is C30H61F. The molecule has 0 radical (unpaired) electrons. The van der Waals surface area contributed by atoms with Gasteiger partial charge in [0.1, 0.15) is 6.17 Å². The van der Waals surface area contributed by atoms with Gasteiger partial charge < -0.3 is 0 Å². The van der Waals surface area contributed by atoms with E-state index in [1.165, 1.54) is 38.5 Å². The number of rotatable bonds is 5. The average molecular weight is 441 g/mol. The van der Waals surface area contributed by atoms with Gasteiger partial charge in [-0.05, 0) is 56.6 Å². The summed E-state index contributed by atoms with van der Waals surface area (Å²) in [6.45, 7) is 26.6. The van der Waals surface area contributed by atoms with Crippen molar-refractivity contribution in [3.05, 3.63) is 34.9 Å². The molecule has 0 amide bonds. The minimum atomic E-state index is -0.852. The molecule has 0 nitrogen and oxygen atoms in total. The van der Waals surface area contributed by atoms with Gasteiger partial charge in [-0.3, -0.25) is 0 Å². The van der Waals surface area contributed by atoms with E-state index < -0.39 is 6.17 Å². The Morgan fingerprint density at radius 1 is 0.774 bits per heavy atom. The van der Waals surface area contributed by atoms with E-state index in [1.807, 2.05) is 59.7 Å². The molecule has 1 aromatic rings. The molecule has 0 aromatic heterocycles. The van der Waals surface area contributed by atoms with Crippen molar-refractivity contribution >= 4 is 0 Å². The van der Waals surface area contributed by atoms with E-state index >= 15 is 0 Å². The molecule has 2 rings (SSSR count). The molecule has 0 aliphatic heterocycles. The summed E-state index contributed by atoms with van der Waals surface area (Å²) >= 11 is 0. The highest BCUT2D eigenvalue weighted by atomic mass is 19.1. The zero-order valence-corrected chi connectivity index (χ0v) is 24.0. The van der Waals surface area contributed by atoms with Crippen molar-refractivity contribution in [2.75, 3.05) is 0 Å². The van der Waals surface area contributed by atoms with E-state index in [-0.39, 0.29) is 0 Å². The van der Waals surface area contributed by atoms with E-state index in [2.05, 4.69) is 41.5 Å². The van der Waals surface area contributed by atoms with Crippen LogP contribution in [-0.4, -0.2) is 0 Å². The first-order chi connectivity index (χ1) is 14.8. The van der Waals surface area contributed by atoms with Crippen LogP contribution in [0, 0.1) is 25.7 Å². The van der Waals surface area contributed by atoms with Gasteiger partial charge in [0.15, 0.2) is 0 Å². The van der Waals surface area contributed by atoms with Crippen molar-refractivity contribution in [2.45, 2.75) is 148 Å². The fourth-order valence-electron chi connectivity index (χ4n) is 3.35. The molecule has 1 saturated carbocycles. The summed E-state index contributed by atoms with van der Waals surface area (Å²) in [5, 5.41) is 0. The van der Waals surface area contributed by atoms with Crippen LogP contribution >= 0.6 is 0 Å². The standard InChI is InChI=1S/C10H13F.C10H20.2C3H8.2C2H6/c1-7-4-5-8(2)10(6-7)9(3)11;1-3-5-9-7-10(8-9)6-4-2;2*1-3-2;2*1-2/h4-6,9H,1-3H3;9-10H,3-8H2,1-2H3;2*3H2,1-2H3;2*1-2H3. The van der Waals surface area contributed by atoms with E-state index in [0.717, 1.165) is 28.5 Å². The van der Waals surface area contributed by atoms with Gasteiger partial charge in [0.2, 0.25) is 0 Å². The second-order valence-corrected chi connectivity index (χ2v) is 8.17. The van der Waals surface area contributed by atoms with E-state index in [0.29, 0.717) is 0 Å². The van der Waals surface area contributed by atoms with E-state index in [9.17, 15) is 4.39 Å². The predicted molar refractivity (Wildman–Crippen MR) is 146 cm³/mol. The minimum absolute atomic E-state index is 0.810. The smallest absolute Gasteiger partial charge is 0.123 e. The molecule has 0 N–H and O–H groups in total. The second-order valence-electron chi connectivity index (χ2n) is 8.17. The maximum atomic E-state index is 12.9. The topological polar surface area (TPSA) is 0 Å². The number of hydrogen-bond donors (Lipinski definition) is 0. The lowest BCUT2D eigenvalue weighted by Crippen LogP contribution is -2.22. The lowest BCUT2D eigenvalue weighted by Gasteiger charge is -2.35. The van der Waals surface area contributed by atoms with Crippen LogP contribution < -0.4 is 0 Å². The monoisotopic (exact) mass is 440 g/mol. The SMILES string of the molecule is CC.CC.CCC.CCC.CCCC1CC(CCC)C1.Cc1ccc(C)c(C(C)F)c1. The van der Waals surface area contributed by atoms with Gasteiger partial charge in [-0.15, -0.1) is 0 Å². The van der Waals surface area contributed by atoms with Crippen LogP contribution in [0.4, 0.5) is 4.39 Å². The highest BCUT2D eigenvalue weighted by molar-refractivity contribution is 5.31. The molecular weight excluding hydrogens is 379 g/mol. The fraction of sp³-hybridized carbons (Fsp3) is 0.800. The summed E-state index contributed by atoms with van der Waals surface area (Å²) in [4.78, 5) is 0. The van der Waals surface area contributed by atoms with Crippen LogP contribution in [0.2, 0.25) is 0 Å². The fourth-order valence-corrected chi connectivity index (χ4v) is 3.35. The Morgan fingerprint density at radius 3 is 1.39 bits per heavy atom. The molecule has 0 saturated heterocycles. The average Bonchev–Trinajstić information content (AvgIpc) is 2.73. The van der Waals surface area contributed by atoms with Gasteiger partial charge in [-0.2, -0.15) is 0 Å². The summed E-state index contributed by atoms with van der Waals surface area (Å²) in [6, 6.07) is 5.86. The molecule has 1 aliphatic rings. The van der Waals surface area contributed by atoms with E-state index in [4.69, 9.17) is 0 Å². The first-order valence-corrected chi connectivity index (χ1v) is 13.5. The summed E-state index contributed by atoms with van der Waals surface area (Å²) in [5.74, 6) is 2.23. The lowest BCUT2D eigenvalue weighted by molar-refractivity contribution is 0.169.